The molecule has 2 heteroatoms. The van der Waals surface area contributed by atoms with Gasteiger partial charge in [-0.15, -0.1) is 0 Å². The van der Waals surface area contributed by atoms with Gasteiger partial charge in [0, 0.05) is 33.2 Å². The topological polar surface area (TPSA) is 8.17 Å². The maximum Gasteiger partial charge on any atom is 0.0547 e. The lowest BCUT2D eigenvalue weighted by molar-refractivity contribution is 1.18. The Kier molecular flexibility index (Phi) is 7.85. The molecule has 0 fully saturated rings. The number of para-hydroxylation sites is 2. The van der Waals surface area contributed by atoms with Crippen molar-refractivity contribution in [2.75, 3.05) is 4.90 Å². The van der Waals surface area contributed by atoms with Gasteiger partial charge >= 0.3 is 0 Å². The van der Waals surface area contributed by atoms with Crippen LogP contribution in [0.2, 0.25) is 0 Å². The minimum absolute atomic E-state index is 1.10. The molecule has 9 aromatic carbocycles. The van der Waals surface area contributed by atoms with Gasteiger partial charge in [-0.3, -0.25) is 0 Å². The van der Waals surface area contributed by atoms with E-state index in [1.165, 1.54) is 66.0 Å². The Morgan fingerprint density at radius 3 is 1.61 bits per heavy atom. The van der Waals surface area contributed by atoms with Crippen molar-refractivity contribution >= 4 is 49.6 Å². The summed E-state index contributed by atoms with van der Waals surface area (Å²) in [6.07, 6.45) is 0. The molecule has 0 radical (unpaired) electrons. The fourth-order valence-electron chi connectivity index (χ4n) is 8.12. The molecule has 254 valence electrons. The van der Waals surface area contributed by atoms with Gasteiger partial charge in [-0.1, -0.05) is 164 Å². The predicted octanol–water partition coefficient (Wildman–Crippen LogP) is 14.4. The zero-order chi connectivity index (χ0) is 35.8. The highest BCUT2D eigenvalue weighted by molar-refractivity contribution is 6.17. The molecule has 0 atom stereocenters. The summed E-state index contributed by atoms with van der Waals surface area (Å²) >= 11 is 0. The van der Waals surface area contributed by atoms with E-state index in [9.17, 15) is 0 Å². The number of hydrogen-bond acceptors (Lipinski definition) is 1. The highest BCUT2D eigenvalue weighted by Crippen LogP contribution is 2.45. The SMILES string of the molecule is c1ccc(-c2ccc(-c3cccc4c3c3cc(N(c5ccccc5)c5ccc(-c6ccccc6)c6ccccc56)ccc3n4-c3ccccc3)cc2)cc1. The molecular weight excluding hydrogens is 653 g/mol. The summed E-state index contributed by atoms with van der Waals surface area (Å²) in [5, 5.41) is 4.88. The maximum atomic E-state index is 2.42. The zero-order valence-corrected chi connectivity index (χ0v) is 29.7. The molecule has 0 saturated heterocycles. The predicted molar refractivity (Wildman–Crippen MR) is 229 cm³/mol. The van der Waals surface area contributed by atoms with Crippen molar-refractivity contribution in [3.8, 4) is 39.1 Å². The van der Waals surface area contributed by atoms with Crippen molar-refractivity contribution in [3.05, 3.63) is 218 Å². The van der Waals surface area contributed by atoms with Crippen LogP contribution in [0.15, 0.2) is 218 Å². The van der Waals surface area contributed by atoms with Crippen LogP contribution in [0.25, 0.3) is 71.6 Å². The second-order valence-corrected chi connectivity index (χ2v) is 13.7. The van der Waals surface area contributed by atoms with Gasteiger partial charge < -0.3 is 9.47 Å². The van der Waals surface area contributed by atoms with E-state index in [0.29, 0.717) is 0 Å². The standard InChI is InChI=1S/C52H36N2/c1-5-16-37(17-6-1)38-28-30-40(31-29-38)45-26-15-27-51-52(45)48-36-43(32-34-50(48)54(51)42-22-11-4-12-23-42)53(41-20-9-3-10-21-41)49-35-33-44(39-18-7-2-8-19-39)46-24-13-14-25-47(46)49/h1-36H. The van der Waals surface area contributed by atoms with E-state index in [1.807, 2.05) is 0 Å². The van der Waals surface area contributed by atoms with Crippen molar-refractivity contribution in [2.24, 2.45) is 0 Å². The van der Waals surface area contributed by atoms with Gasteiger partial charge in [0.2, 0.25) is 0 Å². The van der Waals surface area contributed by atoms with Crippen LogP contribution in [0.4, 0.5) is 17.1 Å². The van der Waals surface area contributed by atoms with Crippen molar-refractivity contribution < 1.29 is 0 Å². The number of benzene rings is 9. The third-order valence-electron chi connectivity index (χ3n) is 10.6. The Morgan fingerprint density at radius 2 is 0.889 bits per heavy atom. The first kappa shape index (κ1) is 31.6. The van der Waals surface area contributed by atoms with Crippen LogP contribution in [-0.4, -0.2) is 4.57 Å². The van der Waals surface area contributed by atoms with E-state index in [-0.39, 0.29) is 0 Å². The lowest BCUT2D eigenvalue weighted by Crippen LogP contribution is -2.10. The molecule has 0 saturated carbocycles. The van der Waals surface area contributed by atoms with E-state index in [1.54, 1.807) is 0 Å². The van der Waals surface area contributed by atoms with Gasteiger partial charge in [0.1, 0.15) is 0 Å². The third-order valence-corrected chi connectivity index (χ3v) is 10.6. The summed E-state index contributed by atoms with van der Waals surface area (Å²) in [4.78, 5) is 2.42. The Balaban J connectivity index is 1.22. The molecule has 0 unspecified atom stereocenters. The van der Waals surface area contributed by atoms with Crippen LogP contribution in [0.5, 0.6) is 0 Å². The molecule has 0 aliphatic heterocycles. The number of hydrogen-bond donors (Lipinski definition) is 0. The zero-order valence-electron chi connectivity index (χ0n) is 29.7. The summed E-state index contributed by atoms with van der Waals surface area (Å²) in [5.41, 5.74) is 14.1. The molecule has 1 heterocycles. The highest BCUT2D eigenvalue weighted by Gasteiger charge is 2.21. The van der Waals surface area contributed by atoms with Gasteiger partial charge in [-0.05, 0) is 93.4 Å². The largest absolute Gasteiger partial charge is 0.310 e. The highest BCUT2D eigenvalue weighted by atomic mass is 15.1. The van der Waals surface area contributed by atoms with Gasteiger partial charge in [-0.25, -0.2) is 0 Å². The molecule has 0 spiro atoms. The molecular formula is C52H36N2. The Bertz CT molecular complexity index is 2890. The molecule has 1 aromatic heterocycles. The van der Waals surface area contributed by atoms with Crippen LogP contribution in [-0.2, 0) is 0 Å². The first-order chi connectivity index (χ1) is 26.8. The molecule has 0 amide bonds. The molecule has 54 heavy (non-hydrogen) atoms. The number of rotatable bonds is 7. The Morgan fingerprint density at radius 1 is 0.315 bits per heavy atom. The van der Waals surface area contributed by atoms with E-state index < -0.39 is 0 Å². The average Bonchev–Trinajstić information content (AvgIpc) is 3.59. The summed E-state index contributed by atoms with van der Waals surface area (Å²) < 4.78 is 2.41. The Labute approximate surface area is 315 Å². The first-order valence-corrected chi connectivity index (χ1v) is 18.5. The van der Waals surface area contributed by atoms with Gasteiger partial charge in [-0.2, -0.15) is 0 Å². The Hall–Kier alpha value is -7.16. The molecule has 0 N–H and O–H groups in total. The quantitative estimate of drug-likeness (QED) is 0.162. The van der Waals surface area contributed by atoms with Crippen LogP contribution < -0.4 is 4.90 Å². The molecule has 0 aliphatic rings. The minimum Gasteiger partial charge on any atom is -0.310 e. The second kappa shape index (κ2) is 13.4. The summed E-state index contributed by atoms with van der Waals surface area (Å²) in [7, 11) is 0. The van der Waals surface area contributed by atoms with Crippen molar-refractivity contribution in [3.63, 3.8) is 0 Å². The normalized spacial score (nSPS) is 11.3. The van der Waals surface area contributed by atoms with E-state index in [0.717, 1.165) is 22.7 Å². The van der Waals surface area contributed by atoms with Gasteiger partial charge in [0.15, 0.2) is 0 Å². The number of fused-ring (bicyclic) bond motifs is 4. The van der Waals surface area contributed by atoms with Crippen molar-refractivity contribution in [1.29, 1.82) is 0 Å². The van der Waals surface area contributed by atoms with Crippen LogP contribution in [0.1, 0.15) is 0 Å². The molecule has 0 bridgehead atoms. The molecule has 2 nitrogen and oxygen atoms in total. The number of aromatic nitrogens is 1. The van der Waals surface area contributed by atoms with E-state index in [2.05, 4.69) is 228 Å². The van der Waals surface area contributed by atoms with E-state index >= 15 is 0 Å². The monoisotopic (exact) mass is 688 g/mol. The van der Waals surface area contributed by atoms with Crippen molar-refractivity contribution in [2.45, 2.75) is 0 Å². The van der Waals surface area contributed by atoms with Crippen LogP contribution in [0.3, 0.4) is 0 Å². The van der Waals surface area contributed by atoms with Gasteiger partial charge in [0.25, 0.3) is 0 Å². The molecule has 0 aliphatic carbocycles. The summed E-state index contributed by atoms with van der Waals surface area (Å²) in [6, 6.07) is 78.8. The smallest absolute Gasteiger partial charge is 0.0547 e. The van der Waals surface area contributed by atoms with Crippen LogP contribution >= 0.6 is 0 Å². The third kappa shape index (κ3) is 5.44. The number of anilines is 3. The average molecular weight is 689 g/mol. The maximum absolute atomic E-state index is 2.42. The molecule has 10 rings (SSSR count). The second-order valence-electron chi connectivity index (χ2n) is 13.7. The number of nitrogens with zero attached hydrogens (tertiary/aromatic N) is 2. The minimum atomic E-state index is 1.10. The van der Waals surface area contributed by atoms with Crippen molar-refractivity contribution in [1.82, 2.24) is 4.57 Å². The molecule has 10 aromatic rings. The lowest BCUT2D eigenvalue weighted by atomic mass is 9.96. The van der Waals surface area contributed by atoms with Gasteiger partial charge in [0.05, 0.1) is 16.7 Å². The fraction of sp³-hybridized carbons (Fsp3) is 0. The lowest BCUT2D eigenvalue weighted by Gasteiger charge is -2.27. The fourth-order valence-corrected chi connectivity index (χ4v) is 8.12. The first-order valence-electron chi connectivity index (χ1n) is 18.5. The summed E-state index contributed by atoms with van der Waals surface area (Å²) in [6.45, 7) is 0. The van der Waals surface area contributed by atoms with Crippen LogP contribution in [0, 0.1) is 0 Å². The van der Waals surface area contributed by atoms with E-state index in [4.69, 9.17) is 0 Å². The summed E-state index contributed by atoms with van der Waals surface area (Å²) in [5.74, 6) is 0.